The molecule has 1 amide bonds. The van der Waals surface area contributed by atoms with Crippen LogP contribution >= 0.6 is 0 Å². The zero-order valence-electron chi connectivity index (χ0n) is 12.5. The van der Waals surface area contributed by atoms with Crippen LogP contribution in [0.15, 0.2) is 24.3 Å². The lowest BCUT2D eigenvalue weighted by molar-refractivity contribution is -0.141. The molecule has 0 heterocycles. The van der Waals surface area contributed by atoms with Crippen molar-refractivity contribution in [1.29, 1.82) is 0 Å². The van der Waals surface area contributed by atoms with Crippen molar-refractivity contribution in [1.82, 2.24) is 4.90 Å². The Morgan fingerprint density at radius 2 is 1.86 bits per heavy atom. The first kappa shape index (κ1) is 15.4. The summed E-state index contributed by atoms with van der Waals surface area (Å²) in [5.41, 5.74) is 0.949. The van der Waals surface area contributed by atoms with Gasteiger partial charge in [0.2, 0.25) is 5.91 Å². The van der Waals surface area contributed by atoms with Gasteiger partial charge in [-0.2, -0.15) is 0 Å². The number of methoxy groups -OCH3 is 2. The van der Waals surface area contributed by atoms with Crippen LogP contribution in [0.2, 0.25) is 0 Å². The molecule has 1 aromatic carbocycles. The second kappa shape index (κ2) is 7.11. The number of benzene rings is 1. The quantitative estimate of drug-likeness (QED) is 0.719. The summed E-state index contributed by atoms with van der Waals surface area (Å²) >= 11 is 0. The van der Waals surface area contributed by atoms with E-state index in [1.165, 1.54) is 7.11 Å². The van der Waals surface area contributed by atoms with E-state index in [2.05, 4.69) is 4.74 Å². The van der Waals surface area contributed by atoms with E-state index in [1.54, 1.807) is 12.0 Å². The van der Waals surface area contributed by atoms with Crippen LogP contribution in [0.1, 0.15) is 24.8 Å². The monoisotopic (exact) mass is 291 g/mol. The molecule has 2 rings (SSSR count). The topological polar surface area (TPSA) is 55.8 Å². The Balaban J connectivity index is 1.92. The van der Waals surface area contributed by atoms with E-state index in [4.69, 9.17) is 4.74 Å². The highest BCUT2D eigenvalue weighted by Gasteiger charge is 2.32. The van der Waals surface area contributed by atoms with Gasteiger partial charge in [0.25, 0.3) is 0 Å². The Morgan fingerprint density at radius 3 is 2.38 bits per heavy atom. The van der Waals surface area contributed by atoms with Gasteiger partial charge < -0.3 is 14.4 Å². The molecule has 1 aromatic rings. The van der Waals surface area contributed by atoms with Gasteiger partial charge in [0.05, 0.1) is 27.1 Å². The van der Waals surface area contributed by atoms with Gasteiger partial charge in [-0.05, 0) is 30.5 Å². The standard InChI is InChI=1S/C16H21NO4/c1-20-14-7-3-12(4-8-14)11-15(18)17(13-5-6-13)10-9-16(19)21-2/h3-4,7-8,13H,5-6,9-11H2,1-2H3. The molecule has 0 N–H and O–H groups in total. The van der Waals surface area contributed by atoms with Crippen molar-refractivity contribution in [2.45, 2.75) is 31.7 Å². The summed E-state index contributed by atoms with van der Waals surface area (Å²) in [6.45, 7) is 0.437. The average molecular weight is 291 g/mol. The van der Waals surface area contributed by atoms with Crippen LogP contribution in [0.25, 0.3) is 0 Å². The van der Waals surface area contributed by atoms with Crippen molar-refractivity contribution in [2.75, 3.05) is 20.8 Å². The molecule has 0 radical (unpaired) electrons. The van der Waals surface area contributed by atoms with Crippen LogP contribution < -0.4 is 4.74 Å². The van der Waals surface area contributed by atoms with Crippen LogP contribution in [0, 0.1) is 0 Å². The summed E-state index contributed by atoms with van der Waals surface area (Å²) in [4.78, 5) is 25.4. The minimum absolute atomic E-state index is 0.0616. The molecule has 0 unspecified atom stereocenters. The first-order chi connectivity index (χ1) is 10.1. The van der Waals surface area contributed by atoms with Crippen LogP contribution in [0.3, 0.4) is 0 Å². The molecule has 0 atom stereocenters. The Bertz CT molecular complexity index is 494. The molecule has 0 aliphatic heterocycles. The third-order valence-electron chi connectivity index (χ3n) is 3.61. The Morgan fingerprint density at radius 1 is 1.19 bits per heavy atom. The maximum atomic E-state index is 12.4. The first-order valence-corrected chi connectivity index (χ1v) is 7.13. The number of carbonyl (C=O) groups excluding carboxylic acids is 2. The SMILES string of the molecule is COC(=O)CCN(C(=O)Cc1ccc(OC)cc1)C1CC1. The van der Waals surface area contributed by atoms with E-state index in [-0.39, 0.29) is 18.3 Å². The van der Waals surface area contributed by atoms with E-state index in [0.29, 0.717) is 19.0 Å². The van der Waals surface area contributed by atoms with Crippen molar-refractivity contribution in [3.8, 4) is 5.75 Å². The fraction of sp³-hybridized carbons (Fsp3) is 0.500. The van der Waals surface area contributed by atoms with E-state index in [1.807, 2.05) is 24.3 Å². The van der Waals surface area contributed by atoms with E-state index in [0.717, 1.165) is 24.2 Å². The van der Waals surface area contributed by atoms with Crippen molar-refractivity contribution in [3.63, 3.8) is 0 Å². The minimum Gasteiger partial charge on any atom is -0.497 e. The van der Waals surface area contributed by atoms with Gasteiger partial charge in [-0.1, -0.05) is 12.1 Å². The largest absolute Gasteiger partial charge is 0.497 e. The van der Waals surface area contributed by atoms with Crippen molar-refractivity contribution in [2.24, 2.45) is 0 Å². The van der Waals surface area contributed by atoms with Crippen LogP contribution in [0.5, 0.6) is 5.75 Å². The van der Waals surface area contributed by atoms with Gasteiger partial charge in [0, 0.05) is 12.6 Å². The lowest BCUT2D eigenvalue weighted by atomic mass is 10.1. The number of esters is 1. The van der Waals surface area contributed by atoms with Gasteiger partial charge in [0.1, 0.15) is 5.75 Å². The number of hydrogen-bond acceptors (Lipinski definition) is 4. The van der Waals surface area contributed by atoms with Crippen LogP contribution in [-0.2, 0) is 20.7 Å². The van der Waals surface area contributed by atoms with Gasteiger partial charge in [-0.3, -0.25) is 9.59 Å². The summed E-state index contributed by atoms with van der Waals surface area (Å²) in [5.74, 6) is 0.556. The number of rotatable bonds is 7. The van der Waals surface area contributed by atoms with Gasteiger partial charge in [-0.15, -0.1) is 0 Å². The number of amides is 1. The summed E-state index contributed by atoms with van der Waals surface area (Å²) < 4.78 is 9.73. The maximum absolute atomic E-state index is 12.4. The Kier molecular flexibility index (Phi) is 5.20. The van der Waals surface area contributed by atoms with Crippen molar-refractivity contribution in [3.05, 3.63) is 29.8 Å². The Hall–Kier alpha value is -2.04. The highest BCUT2D eigenvalue weighted by molar-refractivity contribution is 5.80. The zero-order chi connectivity index (χ0) is 15.2. The molecule has 1 fully saturated rings. The summed E-state index contributed by atoms with van der Waals surface area (Å²) in [6, 6.07) is 7.77. The molecule has 0 saturated heterocycles. The molecule has 114 valence electrons. The molecule has 5 heteroatoms. The fourth-order valence-corrected chi connectivity index (χ4v) is 2.23. The third-order valence-corrected chi connectivity index (χ3v) is 3.61. The normalized spacial score (nSPS) is 13.6. The lowest BCUT2D eigenvalue weighted by Crippen LogP contribution is -2.36. The molecular weight excluding hydrogens is 270 g/mol. The smallest absolute Gasteiger partial charge is 0.307 e. The molecule has 1 aliphatic rings. The van der Waals surface area contributed by atoms with E-state index in [9.17, 15) is 9.59 Å². The molecule has 0 bridgehead atoms. The molecule has 5 nitrogen and oxygen atoms in total. The maximum Gasteiger partial charge on any atom is 0.307 e. The molecular formula is C16H21NO4. The minimum atomic E-state index is -0.280. The Labute approximate surface area is 124 Å². The number of carbonyl (C=O) groups is 2. The average Bonchev–Trinajstić information content (AvgIpc) is 3.32. The van der Waals surface area contributed by atoms with E-state index >= 15 is 0 Å². The number of nitrogens with zero attached hydrogens (tertiary/aromatic N) is 1. The molecule has 1 aliphatic carbocycles. The fourth-order valence-electron chi connectivity index (χ4n) is 2.23. The second-order valence-electron chi connectivity index (χ2n) is 5.17. The predicted molar refractivity (Wildman–Crippen MR) is 78.1 cm³/mol. The summed E-state index contributed by atoms with van der Waals surface area (Å²) in [5, 5.41) is 0. The molecule has 0 aromatic heterocycles. The first-order valence-electron chi connectivity index (χ1n) is 7.13. The number of hydrogen-bond donors (Lipinski definition) is 0. The van der Waals surface area contributed by atoms with Crippen LogP contribution in [0.4, 0.5) is 0 Å². The third kappa shape index (κ3) is 4.48. The van der Waals surface area contributed by atoms with Gasteiger partial charge in [0.15, 0.2) is 0 Å². The van der Waals surface area contributed by atoms with Gasteiger partial charge >= 0.3 is 5.97 Å². The zero-order valence-corrected chi connectivity index (χ0v) is 12.5. The molecule has 1 saturated carbocycles. The highest BCUT2D eigenvalue weighted by atomic mass is 16.5. The van der Waals surface area contributed by atoms with Crippen molar-refractivity contribution < 1.29 is 19.1 Å². The van der Waals surface area contributed by atoms with E-state index < -0.39 is 0 Å². The van der Waals surface area contributed by atoms with Gasteiger partial charge in [-0.25, -0.2) is 0 Å². The van der Waals surface area contributed by atoms with Crippen molar-refractivity contribution >= 4 is 11.9 Å². The van der Waals surface area contributed by atoms with Crippen LogP contribution in [-0.4, -0.2) is 43.6 Å². The summed E-state index contributed by atoms with van der Waals surface area (Å²) in [6.07, 6.45) is 2.65. The predicted octanol–water partition coefficient (Wildman–Crippen LogP) is 1.79. The lowest BCUT2D eigenvalue weighted by Gasteiger charge is -2.22. The molecule has 21 heavy (non-hydrogen) atoms. The highest BCUT2D eigenvalue weighted by Crippen LogP contribution is 2.27. The number of ether oxygens (including phenoxy) is 2. The second-order valence-corrected chi connectivity index (χ2v) is 5.17. The molecule has 0 spiro atoms. The summed E-state index contributed by atoms with van der Waals surface area (Å²) in [7, 11) is 2.98.